The number of Topliss-reactive ketones (excluding diaryl/α,β-unsaturated/α-hetero) is 1. The lowest BCUT2D eigenvalue weighted by atomic mass is 10.2. The third kappa shape index (κ3) is 2.39. The van der Waals surface area contributed by atoms with Crippen molar-refractivity contribution >= 4 is 11.7 Å². The zero-order valence-electron chi connectivity index (χ0n) is 12.5. The van der Waals surface area contributed by atoms with Gasteiger partial charge in [-0.25, -0.2) is 0 Å². The molecule has 0 bridgehead atoms. The summed E-state index contributed by atoms with van der Waals surface area (Å²) in [6, 6.07) is 3.65. The van der Waals surface area contributed by atoms with E-state index in [0.717, 1.165) is 11.5 Å². The highest BCUT2D eigenvalue weighted by Gasteiger charge is 2.25. The van der Waals surface area contributed by atoms with Gasteiger partial charge in [0.2, 0.25) is 0 Å². The number of hydrogen-bond donors (Lipinski definition) is 0. The van der Waals surface area contributed by atoms with E-state index in [-0.39, 0.29) is 11.7 Å². The number of fused-ring (bicyclic) bond motifs is 1. The van der Waals surface area contributed by atoms with Gasteiger partial charge in [0, 0.05) is 30.5 Å². The Bertz CT molecular complexity index is 724. The van der Waals surface area contributed by atoms with Crippen molar-refractivity contribution < 1.29 is 14.0 Å². The van der Waals surface area contributed by atoms with Gasteiger partial charge < -0.3 is 13.9 Å². The summed E-state index contributed by atoms with van der Waals surface area (Å²) in [6.45, 7) is 7.08. The summed E-state index contributed by atoms with van der Waals surface area (Å²) in [5.74, 6) is 1.44. The highest BCUT2D eigenvalue weighted by atomic mass is 16.3. The number of hydrogen-bond acceptors (Lipinski definition) is 3. The van der Waals surface area contributed by atoms with Crippen LogP contribution >= 0.6 is 0 Å². The molecule has 0 saturated carbocycles. The maximum Gasteiger partial charge on any atom is 0.257 e. The molecule has 5 heteroatoms. The van der Waals surface area contributed by atoms with Crippen LogP contribution < -0.4 is 0 Å². The molecular weight excluding hydrogens is 268 g/mol. The lowest BCUT2D eigenvalue weighted by molar-refractivity contribution is 0.0709. The largest absolute Gasteiger partial charge is 0.466 e. The van der Waals surface area contributed by atoms with Gasteiger partial charge >= 0.3 is 0 Å². The number of amides is 1. The zero-order valence-corrected chi connectivity index (χ0v) is 12.5. The van der Waals surface area contributed by atoms with E-state index < -0.39 is 0 Å². The van der Waals surface area contributed by atoms with Crippen LogP contribution in [0.15, 0.2) is 22.7 Å². The molecule has 0 unspecified atom stereocenters. The minimum absolute atomic E-state index is 0.0128. The fourth-order valence-corrected chi connectivity index (χ4v) is 2.78. The second-order valence-electron chi connectivity index (χ2n) is 5.52. The van der Waals surface area contributed by atoms with E-state index in [1.807, 2.05) is 23.8 Å². The highest BCUT2D eigenvalue weighted by molar-refractivity contribution is 5.96. The second kappa shape index (κ2) is 4.91. The molecule has 1 aliphatic heterocycles. The summed E-state index contributed by atoms with van der Waals surface area (Å²) < 4.78 is 7.48. The van der Waals surface area contributed by atoms with Gasteiger partial charge in [0.05, 0.1) is 12.1 Å². The molecule has 1 amide bonds. The topological polar surface area (TPSA) is 55.5 Å². The molecule has 0 radical (unpaired) electrons. The molecule has 3 heterocycles. The van der Waals surface area contributed by atoms with Crippen molar-refractivity contribution in [3.8, 4) is 0 Å². The van der Waals surface area contributed by atoms with E-state index in [1.54, 1.807) is 24.8 Å². The minimum Gasteiger partial charge on any atom is -0.466 e. The predicted molar refractivity (Wildman–Crippen MR) is 77.4 cm³/mol. The molecular formula is C16H18N2O3. The van der Waals surface area contributed by atoms with Crippen LogP contribution in [-0.4, -0.2) is 27.7 Å². The Balaban J connectivity index is 1.84. The molecule has 0 atom stereocenters. The van der Waals surface area contributed by atoms with Crippen LogP contribution in [0.5, 0.6) is 0 Å². The smallest absolute Gasteiger partial charge is 0.257 e. The van der Waals surface area contributed by atoms with Crippen LogP contribution in [0.25, 0.3) is 0 Å². The van der Waals surface area contributed by atoms with Gasteiger partial charge in [-0.3, -0.25) is 9.59 Å². The molecule has 1 aliphatic rings. The molecule has 5 nitrogen and oxygen atoms in total. The van der Waals surface area contributed by atoms with Crippen molar-refractivity contribution in [3.63, 3.8) is 0 Å². The first-order valence-electron chi connectivity index (χ1n) is 7.02. The minimum atomic E-state index is -0.0128. The summed E-state index contributed by atoms with van der Waals surface area (Å²) >= 11 is 0. The number of aryl methyl sites for hydroxylation is 2. The van der Waals surface area contributed by atoms with Crippen LogP contribution in [0.3, 0.4) is 0 Å². The number of furan rings is 1. The van der Waals surface area contributed by atoms with E-state index in [0.29, 0.717) is 36.5 Å². The normalized spacial score (nSPS) is 14.1. The molecule has 2 aromatic heterocycles. The van der Waals surface area contributed by atoms with Crippen molar-refractivity contribution in [2.24, 2.45) is 0 Å². The SMILES string of the molecule is CC(=O)c1cc2n(c1)CCN(C(=O)c1cc(C)oc1C)C2. The van der Waals surface area contributed by atoms with Crippen LogP contribution in [0.4, 0.5) is 0 Å². The first-order chi connectivity index (χ1) is 9.95. The molecule has 21 heavy (non-hydrogen) atoms. The Labute approximate surface area is 123 Å². The lowest BCUT2D eigenvalue weighted by Gasteiger charge is -2.28. The van der Waals surface area contributed by atoms with Crippen LogP contribution in [0.1, 0.15) is 44.9 Å². The summed E-state index contributed by atoms with van der Waals surface area (Å²) in [6.07, 6.45) is 1.87. The average molecular weight is 286 g/mol. The quantitative estimate of drug-likeness (QED) is 0.797. The van der Waals surface area contributed by atoms with E-state index in [1.165, 1.54) is 0 Å². The molecule has 0 aromatic carbocycles. The Morgan fingerprint density at radius 2 is 1.95 bits per heavy atom. The molecule has 2 aromatic rings. The molecule has 110 valence electrons. The number of aromatic nitrogens is 1. The second-order valence-corrected chi connectivity index (χ2v) is 5.52. The average Bonchev–Trinajstić information content (AvgIpc) is 3.00. The van der Waals surface area contributed by atoms with E-state index in [2.05, 4.69) is 0 Å². The third-order valence-corrected chi connectivity index (χ3v) is 3.91. The molecule has 0 spiro atoms. The van der Waals surface area contributed by atoms with Gasteiger partial charge in [0.1, 0.15) is 11.5 Å². The maximum absolute atomic E-state index is 12.6. The number of carbonyl (C=O) groups is 2. The van der Waals surface area contributed by atoms with Crippen molar-refractivity contribution in [2.75, 3.05) is 6.54 Å². The lowest BCUT2D eigenvalue weighted by Crippen LogP contribution is -2.38. The maximum atomic E-state index is 12.6. The number of rotatable bonds is 2. The van der Waals surface area contributed by atoms with Crippen molar-refractivity contribution in [2.45, 2.75) is 33.9 Å². The summed E-state index contributed by atoms with van der Waals surface area (Å²) in [5, 5.41) is 0. The number of ketones is 1. The van der Waals surface area contributed by atoms with Crippen molar-refractivity contribution in [1.82, 2.24) is 9.47 Å². The van der Waals surface area contributed by atoms with Gasteiger partial charge in [-0.15, -0.1) is 0 Å². The summed E-state index contributed by atoms with van der Waals surface area (Å²) in [4.78, 5) is 25.8. The Morgan fingerprint density at radius 1 is 1.19 bits per heavy atom. The fourth-order valence-electron chi connectivity index (χ4n) is 2.78. The Hall–Kier alpha value is -2.30. The zero-order chi connectivity index (χ0) is 15.1. The first-order valence-corrected chi connectivity index (χ1v) is 7.02. The molecule has 3 rings (SSSR count). The summed E-state index contributed by atoms with van der Waals surface area (Å²) in [7, 11) is 0. The van der Waals surface area contributed by atoms with Crippen LogP contribution in [0.2, 0.25) is 0 Å². The fraction of sp³-hybridized carbons (Fsp3) is 0.375. The van der Waals surface area contributed by atoms with Crippen molar-refractivity contribution in [1.29, 1.82) is 0 Å². The Morgan fingerprint density at radius 3 is 2.57 bits per heavy atom. The highest BCUT2D eigenvalue weighted by Crippen LogP contribution is 2.21. The number of carbonyl (C=O) groups excluding carboxylic acids is 2. The van der Waals surface area contributed by atoms with E-state index >= 15 is 0 Å². The predicted octanol–water partition coefficient (Wildman–Crippen LogP) is 2.56. The van der Waals surface area contributed by atoms with E-state index in [4.69, 9.17) is 4.42 Å². The summed E-state index contributed by atoms with van der Waals surface area (Å²) in [5.41, 5.74) is 2.33. The van der Waals surface area contributed by atoms with Gasteiger partial charge in [0.25, 0.3) is 5.91 Å². The monoisotopic (exact) mass is 286 g/mol. The van der Waals surface area contributed by atoms with E-state index in [9.17, 15) is 9.59 Å². The van der Waals surface area contributed by atoms with Gasteiger partial charge in [0.15, 0.2) is 5.78 Å². The molecule has 0 fully saturated rings. The molecule has 0 aliphatic carbocycles. The molecule has 0 saturated heterocycles. The van der Waals surface area contributed by atoms with Gasteiger partial charge in [-0.1, -0.05) is 0 Å². The standard InChI is InChI=1S/C16H18N2O3/c1-10-6-15(12(3)21-10)16(20)18-5-4-17-8-13(11(2)19)7-14(17)9-18/h6-8H,4-5,9H2,1-3H3. The van der Waals surface area contributed by atoms with Crippen LogP contribution in [-0.2, 0) is 13.1 Å². The first kappa shape index (κ1) is 13.7. The van der Waals surface area contributed by atoms with Gasteiger partial charge in [-0.05, 0) is 32.9 Å². The van der Waals surface area contributed by atoms with Crippen molar-refractivity contribution in [3.05, 3.63) is 46.7 Å². The Kier molecular flexibility index (Phi) is 3.20. The molecule has 0 N–H and O–H groups in total. The number of nitrogens with zero attached hydrogens (tertiary/aromatic N) is 2. The van der Waals surface area contributed by atoms with Gasteiger partial charge in [-0.2, -0.15) is 0 Å². The van der Waals surface area contributed by atoms with Crippen LogP contribution in [0, 0.1) is 13.8 Å². The third-order valence-electron chi connectivity index (χ3n) is 3.91.